The van der Waals surface area contributed by atoms with Crippen molar-refractivity contribution in [2.24, 2.45) is 0 Å². The molecule has 0 saturated carbocycles. The van der Waals surface area contributed by atoms with Crippen LogP contribution in [-0.4, -0.2) is 29.1 Å². The maximum Gasteiger partial charge on any atom is 0.137 e. The highest BCUT2D eigenvalue weighted by Crippen LogP contribution is 2.28. The molecule has 0 bridgehead atoms. The van der Waals surface area contributed by atoms with Gasteiger partial charge < -0.3 is 10.2 Å². The summed E-state index contributed by atoms with van der Waals surface area (Å²) in [5.74, 6) is 2.17. The number of nitrogens with one attached hydrogen (secondary N) is 1. The Kier molecular flexibility index (Phi) is 5.62. The number of hydrogen-bond acceptors (Lipinski definition) is 4. The lowest BCUT2D eigenvalue weighted by Gasteiger charge is -2.30. The number of rotatable bonds is 5. The fourth-order valence-electron chi connectivity index (χ4n) is 2.96. The molecular weight excluding hydrogens is 248 g/mol. The summed E-state index contributed by atoms with van der Waals surface area (Å²) in [4.78, 5) is 11.5. The second-order valence-corrected chi connectivity index (χ2v) is 5.70. The van der Waals surface area contributed by atoms with Crippen LogP contribution < -0.4 is 10.2 Å². The molecular formula is C16H28N4. The zero-order valence-electron chi connectivity index (χ0n) is 13.2. The van der Waals surface area contributed by atoms with Gasteiger partial charge in [0.15, 0.2) is 0 Å². The van der Waals surface area contributed by atoms with Gasteiger partial charge in [0, 0.05) is 24.7 Å². The van der Waals surface area contributed by atoms with Gasteiger partial charge in [-0.25, -0.2) is 9.97 Å². The van der Waals surface area contributed by atoms with E-state index in [1.165, 1.54) is 31.2 Å². The SMILES string of the molecule is CCCNc1ncnc(N2CCCCCC2C)c1CC. The zero-order chi connectivity index (χ0) is 14.4. The first kappa shape index (κ1) is 15.1. The van der Waals surface area contributed by atoms with Crippen molar-refractivity contribution in [3.05, 3.63) is 11.9 Å². The molecule has 1 saturated heterocycles. The number of anilines is 2. The molecule has 112 valence electrons. The highest BCUT2D eigenvalue weighted by molar-refractivity contribution is 5.59. The van der Waals surface area contributed by atoms with Crippen LogP contribution in [0.2, 0.25) is 0 Å². The van der Waals surface area contributed by atoms with Crippen LogP contribution in [0.15, 0.2) is 6.33 Å². The second-order valence-electron chi connectivity index (χ2n) is 5.70. The molecule has 0 amide bonds. The highest BCUT2D eigenvalue weighted by Gasteiger charge is 2.22. The monoisotopic (exact) mass is 276 g/mol. The third kappa shape index (κ3) is 3.41. The molecule has 0 aromatic carbocycles. The molecule has 1 aliphatic heterocycles. The third-order valence-corrected chi connectivity index (χ3v) is 4.14. The van der Waals surface area contributed by atoms with Crippen LogP contribution in [0.4, 0.5) is 11.6 Å². The van der Waals surface area contributed by atoms with Gasteiger partial charge in [-0.15, -0.1) is 0 Å². The molecule has 2 rings (SSSR count). The molecule has 1 aromatic heterocycles. The fraction of sp³-hybridized carbons (Fsp3) is 0.750. The molecule has 4 nitrogen and oxygen atoms in total. The molecule has 20 heavy (non-hydrogen) atoms. The molecule has 1 aromatic rings. The molecule has 4 heteroatoms. The Balaban J connectivity index is 2.29. The summed E-state index contributed by atoms with van der Waals surface area (Å²) in [5.41, 5.74) is 1.27. The van der Waals surface area contributed by atoms with E-state index in [1.807, 2.05) is 0 Å². The minimum atomic E-state index is 0.580. The molecule has 2 heterocycles. The van der Waals surface area contributed by atoms with E-state index in [0.717, 1.165) is 37.6 Å². The molecule has 1 unspecified atom stereocenters. The minimum absolute atomic E-state index is 0.580. The van der Waals surface area contributed by atoms with E-state index in [2.05, 4.69) is 41.0 Å². The predicted octanol–water partition coefficient (Wildman–Crippen LogP) is 3.63. The second kappa shape index (κ2) is 7.46. The Bertz CT molecular complexity index is 419. The predicted molar refractivity (Wildman–Crippen MR) is 85.5 cm³/mol. The topological polar surface area (TPSA) is 41.1 Å². The standard InChI is InChI=1S/C16H28N4/c1-4-10-17-15-14(5-2)16(19-12-18-15)20-11-8-6-7-9-13(20)3/h12-13H,4-11H2,1-3H3,(H,17,18,19). The Morgan fingerprint density at radius 2 is 2.10 bits per heavy atom. The first-order valence-electron chi connectivity index (χ1n) is 8.12. The lowest BCUT2D eigenvalue weighted by molar-refractivity contribution is 0.608. The van der Waals surface area contributed by atoms with Gasteiger partial charge in [-0.2, -0.15) is 0 Å². The summed E-state index contributed by atoms with van der Waals surface area (Å²) in [7, 11) is 0. The first-order valence-corrected chi connectivity index (χ1v) is 8.12. The number of hydrogen-bond donors (Lipinski definition) is 1. The number of aromatic nitrogens is 2. The molecule has 1 fully saturated rings. The maximum atomic E-state index is 4.61. The van der Waals surface area contributed by atoms with Gasteiger partial charge in [0.25, 0.3) is 0 Å². The minimum Gasteiger partial charge on any atom is -0.370 e. The van der Waals surface area contributed by atoms with E-state index in [9.17, 15) is 0 Å². The molecule has 1 N–H and O–H groups in total. The Morgan fingerprint density at radius 1 is 1.25 bits per heavy atom. The van der Waals surface area contributed by atoms with Gasteiger partial charge in [-0.3, -0.25) is 0 Å². The van der Waals surface area contributed by atoms with Crippen molar-refractivity contribution in [2.75, 3.05) is 23.3 Å². The van der Waals surface area contributed by atoms with Crippen LogP contribution in [-0.2, 0) is 6.42 Å². The average molecular weight is 276 g/mol. The van der Waals surface area contributed by atoms with Crippen LogP contribution in [0.25, 0.3) is 0 Å². The van der Waals surface area contributed by atoms with Crippen molar-refractivity contribution in [2.45, 2.75) is 65.3 Å². The molecule has 0 aliphatic carbocycles. The van der Waals surface area contributed by atoms with Crippen LogP contribution in [0.1, 0.15) is 58.4 Å². The Morgan fingerprint density at radius 3 is 2.85 bits per heavy atom. The normalized spacial score (nSPS) is 19.8. The smallest absolute Gasteiger partial charge is 0.137 e. The number of nitrogens with zero attached hydrogens (tertiary/aromatic N) is 3. The van der Waals surface area contributed by atoms with Crippen molar-refractivity contribution in [3.8, 4) is 0 Å². The summed E-state index contributed by atoms with van der Waals surface area (Å²) in [5, 5.41) is 3.45. The quantitative estimate of drug-likeness (QED) is 0.891. The van der Waals surface area contributed by atoms with Crippen molar-refractivity contribution in [3.63, 3.8) is 0 Å². The fourth-order valence-corrected chi connectivity index (χ4v) is 2.96. The van der Waals surface area contributed by atoms with Crippen LogP contribution in [0, 0.1) is 0 Å². The van der Waals surface area contributed by atoms with Crippen molar-refractivity contribution < 1.29 is 0 Å². The molecule has 1 atom stereocenters. The van der Waals surface area contributed by atoms with Gasteiger partial charge in [0.05, 0.1) is 0 Å². The van der Waals surface area contributed by atoms with E-state index in [-0.39, 0.29) is 0 Å². The lowest BCUT2D eigenvalue weighted by atomic mass is 10.1. The van der Waals surface area contributed by atoms with Gasteiger partial charge in [0.1, 0.15) is 18.0 Å². The third-order valence-electron chi connectivity index (χ3n) is 4.14. The van der Waals surface area contributed by atoms with Gasteiger partial charge >= 0.3 is 0 Å². The van der Waals surface area contributed by atoms with Crippen molar-refractivity contribution in [1.82, 2.24) is 9.97 Å². The van der Waals surface area contributed by atoms with E-state index < -0.39 is 0 Å². The molecule has 1 aliphatic rings. The summed E-state index contributed by atoms with van der Waals surface area (Å²) in [6, 6.07) is 0.580. The zero-order valence-corrected chi connectivity index (χ0v) is 13.2. The van der Waals surface area contributed by atoms with Gasteiger partial charge in [-0.1, -0.05) is 26.7 Å². The van der Waals surface area contributed by atoms with E-state index in [1.54, 1.807) is 6.33 Å². The van der Waals surface area contributed by atoms with E-state index in [0.29, 0.717) is 6.04 Å². The summed E-state index contributed by atoms with van der Waals surface area (Å²) < 4.78 is 0. The summed E-state index contributed by atoms with van der Waals surface area (Å²) in [6.07, 6.45) is 9.03. The highest BCUT2D eigenvalue weighted by atomic mass is 15.2. The van der Waals surface area contributed by atoms with Crippen molar-refractivity contribution >= 4 is 11.6 Å². The maximum absolute atomic E-state index is 4.61. The first-order chi connectivity index (χ1) is 9.77. The summed E-state index contributed by atoms with van der Waals surface area (Å²) in [6.45, 7) is 8.79. The van der Waals surface area contributed by atoms with E-state index >= 15 is 0 Å². The van der Waals surface area contributed by atoms with Gasteiger partial charge in [-0.05, 0) is 32.6 Å². The van der Waals surface area contributed by atoms with Crippen LogP contribution in [0.5, 0.6) is 0 Å². The Hall–Kier alpha value is -1.32. The van der Waals surface area contributed by atoms with Crippen molar-refractivity contribution in [1.29, 1.82) is 0 Å². The average Bonchev–Trinajstić information content (AvgIpc) is 2.69. The lowest BCUT2D eigenvalue weighted by Crippen LogP contribution is -2.34. The summed E-state index contributed by atoms with van der Waals surface area (Å²) >= 11 is 0. The van der Waals surface area contributed by atoms with E-state index in [4.69, 9.17) is 0 Å². The Labute approximate surface area is 123 Å². The molecule has 0 radical (unpaired) electrons. The van der Waals surface area contributed by atoms with Gasteiger partial charge in [0.2, 0.25) is 0 Å². The largest absolute Gasteiger partial charge is 0.370 e. The van der Waals surface area contributed by atoms with Crippen LogP contribution >= 0.6 is 0 Å². The molecule has 0 spiro atoms. The van der Waals surface area contributed by atoms with Crippen LogP contribution in [0.3, 0.4) is 0 Å².